The fourth-order valence-corrected chi connectivity index (χ4v) is 3.30. The average molecular weight is 283 g/mol. The smallest absolute Gasteiger partial charge is 0.297 e. The van der Waals surface area contributed by atoms with Gasteiger partial charge in [-0.2, -0.15) is 16.7 Å². The molecule has 0 aliphatic carbocycles. The van der Waals surface area contributed by atoms with Gasteiger partial charge in [-0.3, -0.25) is 0 Å². The van der Waals surface area contributed by atoms with E-state index in [1.54, 1.807) is 6.26 Å². The van der Waals surface area contributed by atoms with Crippen molar-refractivity contribution in [1.29, 1.82) is 0 Å². The zero-order valence-corrected chi connectivity index (χ0v) is 13.2. The minimum Gasteiger partial charge on any atom is -0.432 e. The Morgan fingerprint density at radius 1 is 1.53 bits per heavy atom. The van der Waals surface area contributed by atoms with E-state index in [4.69, 9.17) is 4.42 Å². The predicted molar refractivity (Wildman–Crippen MR) is 81.8 cm³/mol. The van der Waals surface area contributed by atoms with E-state index in [2.05, 4.69) is 42.9 Å². The van der Waals surface area contributed by atoms with Crippen molar-refractivity contribution in [1.82, 2.24) is 10.3 Å². The van der Waals surface area contributed by atoms with Crippen molar-refractivity contribution in [2.45, 2.75) is 45.5 Å². The van der Waals surface area contributed by atoms with Gasteiger partial charge in [0.2, 0.25) is 0 Å². The molecule has 1 aromatic rings. The zero-order valence-electron chi connectivity index (χ0n) is 12.3. The van der Waals surface area contributed by atoms with Gasteiger partial charge in [-0.05, 0) is 19.4 Å². The maximum Gasteiger partial charge on any atom is 0.297 e. The van der Waals surface area contributed by atoms with E-state index in [0.717, 1.165) is 37.1 Å². The second-order valence-corrected chi connectivity index (χ2v) is 7.14. The summed E-state index contributed by atoms with van der Waals surface area (Å²) in [6.45, 7) is 11.7. The van der Waals surface area contributed by atoms with Crippen molar-refractivity contribution in [3.8, 4) is 0 Å². The molecular formula is C14H25N3OS. The predicted octanol–water partition coefficient (Wildman–Crippen LogP) is 2.75. The number of thioether (sulfide) groups is 1. The van der Waals surface area contributed by atoms with Crippen LogP contribution in [0.5, 0.6) is 0 Å². The van der Waals surface area contributed by atoms with E-state index in [1.165, 1.54) is 0 Å². The quantitative estimate of drug-likeness (QED) is 0.900. The fraction of sp³-hybridized carbons (Fsp3) is 0.786. The first-order valence-electron chi connectivity index (χ1n) is 7.11. The number of rotatable bonds is 5. The summed E-state index contributed by atoms with van der Waals surface area (Å²) in [5.74, 6) is 1.81. The van der Waals surface area contributed by atoms with Gasteiger partial charge in [0.1, 0.15) is 6.26 Å². The molecule has 0 spiro atoms. The molecule has 2 heterocycles. The van der Waals surface area contributed by atoms with E-state index >= 15 is 0 Å². The lowest BCUT2D eigenvalue weighted by Gasteiger charge is -2.36. The molecule has 1 aliphatic rings. The second-order valence-electron chi connectivity index (χ2n) is 5.66. The van der Waals surface area contributed by atoms with Crippen molar-refractivity contribution < 1.29 is 4.42 Å². The van der Waals surface area contributed by atoms with Gasteiger partial charge >= 0.3 is 0 Å². The van der Waals surface area contributed by atoms with Gasteiger partial charge in [0.25, 0.3) is 6.01 Å². The fourth-order valence-electron chi connectivity index (χ4n) is 2.20. The average Bonchev–Trinajstić information content (AvgIpc) is 2.81. The van der Waals surface area contributed by atoms with Crippen LogP contribution in [0.1, 0.15) is 33.4 Å². The molecule has 2 unspecified atom stereocenters. The summed E-state index contributed by atoms with van der Waals surface area (Å²) < 4.78 is 5.65. The van der Waals surface area contributed by atoms with Crippen LogP contribution in [0.2, 0.25) is 0 Å². The molecule has 4 nitrogen and oxygen atoms in total. The SMILES string of the molecule is CC(C)CNCc1coc(N2CCSC(C)C2C)n1. The highest BCUT2D eigenvalue weighted by Crippen LogP contribution is 2.28. The Morgan fingerprint density at radius 2 is 2.32 bits per heavy atom. The van der Waals surface area contributed by atoms with Crippen LogP contribution >= 0.6 is 11.8 Å². The Balaban J connectivity index is 1.92. The van der Waals surface area contributed by atoms with Crippen LogP contribution in [-0.2, 0) is 6.54 Å². The Hall–Kier alpha value is -0.680. The summed E-state index contributed by atoms with van der Waals surface area (Å²) in [4.78, 5) is 6.89. The second kappa shape index (κ2) is 6.66. The van der Waals surface area contributed by atoms with Crippen LogP contribution in [0.15, 0.2) is 10.7 Å². The number of oxazole rings is 1. The topological polar surface area (TPSA) is 41.3 Å². The summed E-state index contributed by atoms with van der Waals surface area (Å²) in [5, 5.41) is 4.02. The molecule has 1 saturated heterocycles. The maximum atomic E-state index is 5.65. The molecule has 1 aliphatic heterocycles. The molecule has 108 valence electrons. The highest BCUT2D eigenvalue weighted by molar-refractivity contribution is 8.00. The molecule has 0 radical (unpaired) electrons. The molecular weight excluding hydrogens is 258 g/mol. The van der Waals surface area contributed by atoms with Gasteiger partial charge in [-0.15, -0.1) is 0 Å². The Morgan fingerprint density at radius 3 is 3.05 bits per heavy atom. The van der Waals surface area contributed by atoms with E-state index in [1.807, 2.05) is 11.8 Å². The Bertz CT molecular complexity index is 394. The molecule has 0 saturated carbocycles. The van der Waals surface area contributed by atoms with Gasteiger partial charge in [0, 0.05) is 30.1 Å². The monoisotopic (exact) mass is 283 g/mol. The highest BCUT2D eigenvalue weighted by atomic mass is 32.2. The van der Waals surface area contributed by atoms with Crippen molar-refractivity contribution in [2.75, 3.05) is 23.7 Å². The van der Waals surface area contributed by atoms with Crippen LogP contribution in [0.25, 0.3) is 0 Å². The van der Waals surface area contributed by atoms with Crippen LogP contribution in [0.3, 0.4) is 0 Å². The third-order valence-corrected chi connectivity index (χ3v) is 4.87. The van der Waals surface area contributed by atoms with E-state index < -0.39 is 0 Å². The highest BCUT2D eigenvalue weighted by Gasteiger charge is 2.28. The van der Waals surface area contributed by atoms with Crippen molar-refractivity contribution in [2.24, 2.45) is 5.92 Å². The summed E-state index contributed by atoms with van der Waals surface area (Å²) >= 11 is 2.02. The van der Waals surface area contributed by atoms with Crippen LogP contribution < -0.4 is 10.2 Å². The van der Waals surface area contributed by atoms with Crippen molar-refractivity contribution in [3.05, 3.63) is 12.0 Å². The molecule has 19 heavy (non-hydrogen) atoms. The largest absolute Gasteiger partial charge is 0.432 e. The standard InChI is InChI=1S/C14H25N3OS/c1-10(2)7-15-8-13-9-18-14(16-13)17-5-6-19-12(4)11(17)3/h9-12,15H,5-8H2,1-4H3. The number of aromatic nitrogens is 1. The van der Waals surface area contributed by atoms with Gasteiger partial charge in [0.05, 0.1) is 5.69 Å². The van der Waals surface area contributed by atoms with Gasteiger partial charge in [0.15, 0.2) is 0 Å². The summed E-state index contributed by atoms with van der Waals surface area (Å²) in [5.41, 5.74) is 0.994. The first-order chi connectivity index (χ1) is 9.08. The van der Waals surface area contributed by atoms with Crippen molar-refractivity contribution >= 4 is 17.8 Å². The molecule has 1 N–H and O–H groups in total. The molecule has 2 atom stereocenters. The molecule has 5 heteroatoms. The van der Waals surface area contributed by atoms with E-state index in [-0.39, 0.29) is 0 Å². The minimum absolute atomic E-state index is 0.480. The molecule has 0 amide bonds. The lowest BCUT2D eigenvalue weighted by Crippen LogP contribution is -2.44. The third-order valence-electron chi connectivity index (χ3n) is 3.53. The van der Waals surface area contributed by atoms with Gasteiger partial charge in [-0.25, -0.2) is 0 Å². The summed E-state index contributed by atoms with van der Waals surface area (Å²) in [7, 11) is 0. The van der Waals surface area contributed by atoms with E-state index in [0.29, 0.717) is 17.2 Å². The Kier molecular flexibility index (Phi) is 5.16. The number of hydrogen-bond donors (Lipinski definition) is 1. The van der Waals surface area contributed by atoms with Gasteiger partial charge in [-0.1, -0.05) is 20.8 Å². The molecule has 1 fully saturated rings. The minimum atomic E-state index is 0.480. The number of hydrogen-bond acceptors (Lipinski definition) is 5. The summed E-state index contributed by atoms with van der Waals surface area (Å²) in [6.07, 6.45) is 1.78. The lowest BCUT2D eigenvalue weighted by atomic mass is 10.2. The number of nitrogens with one attached hydrogen (secondary N) is 1. The van der Waals surface area contributed by atoms with Crippen molar-refractivity contribution in [3.63, 3.8) is 0 Å². The number of anilines is 1. The molecule has 0 aromatic carbocycles. The third kappa shape index (κ3) is 3.89. The molecule has 0 bridgehead atoms. The first-order valence-corrected chi connectivity index (χ1v) is 8.16. The first kappa shape index (κ1) is 14.7. The maximum absolute atomic E-state index is 5.65. The van der Waals surface area contributed by atoms with Gasteiger partial charge < -0.3 is 14.6 Å². The number of nitrogens with zero attached hydrogens (tertiary/aromatic N) is 2. The molecule has 1 aromatic heterocycles. The van der Waals surface area contributed by atoms with E-state index in [9.17, 15) is 0 Å². The zero-order chi connectivity index (χ0) is 13.8. The van der Waals surface area contributed by atoms with Crippen LogP contribution in [0, 0.1) is 5.92 Å². The normalized spacial score (nSPS) is 24.2. The Labute approximate surface area is 120 Å². The van der Waals surface area contributed by atoms with Crippen LogP contribution in [-0.4, -0.2) is 35.1 Å². The lowest BCUT2D eigenvalue weighted by molar-refractivity contribution is 0.499. The van der Waals surface area contributed by atoms with Crippen LogP contribution in [0.4, 0.5) is 6.01 Å². The summed E-state index contributed by atoms with van der Waals surface area (Å²) in [6, 6.07) is 1.26. The molecule has 2 rings (SSSR count).